The highest BCUT2D eigenvalue weighted by Crippen LogP contribution is 2.31. The van der Waals surface area contributed by atoms with Gasteiger partial charge in [-0.05, 0) is 37.7 Å². The van der Waals surface area contributed by atoms with E-state index in [0.29, 0.717) is 44.1 Å². The van der Waals surface area contributed by atoms with Crippen LogP contribution in [-0.4, -0.2) is 77.0 Å². The maximum atomic E-state index is 12.7. The van der Waals surface area contributed by atoms with Crippen molar-refractivity contribution in [2.24, 2.45) is 0 Å². The Morgan fingerprint density at radius 3 is 2.72 bits per heavy atom. The summed E-state index contributed by atoms with van der Waals surface area (Å²) in [5.74, 6) is 0.754. The van der Waals surface area contributed by atoms with E-state index in [1.54, 1.807) is 30.2 Å². The van der Waals surface area contributed by atoms with Crippen LogP contribution in [0.3, 0.4) is 0 Å². The van der Waals surface area contributed by atoms with Gasteiger partial charge in [-0.3, -0.25) is 14.6 Å². The first-order valence-electron chi connectivity index (χ1n) is 8.65. The molecule has 136 valence electrons. The fraction of sp³-hybridized carbons (Fsp3) is 0.611. The van der Waals surface area contributed by atoms with E-state index in [1.807, 2.05) is 23.0 Å². The van der Waals surface area contributed by atoms with Gasteiger partial charge in [0.2, 0.25) is 5.91 Å². The van der Waals surface area contributed by atoms with Gasteiger partial charge in [0.05, 0.1) is 18.0 Å². The van der Waals surface area contributed by atoms with E-state index in [-0.39, 0.29) is 17.4 Å². The van der Waals surface area contributed by atoms with Crippen LogP contribution in [0.5, 0.6) is 0 Å². The molecule has 0 bridgehead atoms. The number of carbonyl (C=O) groups is 2. The maximum Gasteiger partial charge on any atom is 0.254 e. The molecule has 0 saturated carbocycles. The minimum atomic E-state index is -0.295. The number of hydrogen-bond donors (Lipinski definition) is 0. The van der Waals surface area contributed by atoms with Gasteiger partial charge in [0.1, 0.15) is 0 Å². The van der Waals surface area contributed by atoms with Gasteiger partial charge in [-0.2, -0.15) is 11.8 Å². The maximum absolute atomic E-state index is 12.7. The van der Waals surface area contributed by atoms with Gasteiger partial charge in [0.15, 0.2) is 0 Å². The van der Waals surface area contributed by atoms with Gasteiger partial charge in [-0.25, -0.2) is 0 Å². The summed E-state index contributed by atoms with van der Waals surface area (Å²) in [6.07, 6.45) is 6.86. The molecule has 0 aromatic carbocycles. The predicted octanol–water partition coefficient (Wildman–Crippen LogP) is 1.59. The summed E-state index contributed by atoms with van der Waals surface area (Å²) >= 11 is 1.55. The van der Waals surface area contributed by atoms with E-state index >= 15 is 0 Å². The van der Waals surface area contributed by atoms with Crippen molar-refractivity contribution in [1.29, 1.82) is 0 Å². The first kappa shape index (κ1) is 18.2. The van der Waals surface area contributed by atoms with Crippen LogP contribution in [0.25, 0.3) is 0 Å². The van der Waals surface area contributed by atoms with Crippen molar-refractivity contribution in [3.05, 3.63) is 29.6 Å². The summed E-state index contributed by atoms with van der Waals surface area (Å²) in [6.45, 7) is 5.11. The lowest BCUT2D eigenvalue weighted by atomic mass is 9.89. The van der Waals surface area contributed by atoms with Crippen LogP contribution in [0.1, 0.15) is 28.8 Å². The molecule has 0 N–H and O–H groups in total. The minimum Gasteiger partial charge on any atom is -0.371 e. The quantitative estimate of drug-likeness (QED) is 0.816. The summed E-state index contributed by atoms with van der Waals surface area (Å²) < 4.78 is 6.07. The Morgan fingerprint density at radius 1 is 1.28 bits per heavy atom. The van der Waals surface area contributed by atoms with E-state index in [0.717, 1.165) is 18.4 Å². The highest BCUT2D eigenvalue weighted by atomic mass is 32.2. The molecule has 0 atom stereocenters. The fourth-order valence-corrected chi connectivity index (χ4v) is 4.01. The fourth-order valence-electron chi connectivity index (χ4n) is 3.58. The third-order valence-electron chi connectivity index (χ3n) is 5.08. The van der Waals surface area contributed by atoms with E-state index in [1.165, 1.54) is 0 Å². The Bertz CT molecular complexity index is 644. The number of hydrogen-bond acceptors (Lipinski definition) is 5. The van der Waals surface area contributed by atoms with Crippen LogP contribution in [0, 0.1) is 6.92 Å². The Labute approximate surface area is 152 Å². The third kappa shape index (κ3) is 3.98. The van der Waals surface area contributed by atoms with E-state index in [4.69, 9.17) is 4.74 Å². The zero-order valence-corrected chi connectivity index (χ0v) is 15.7. The first-order valence-corrected chi connectivity index (χ1v) is 10.0. The number of nitrogens with zero attached hydrogens (tertiary/aromatic N) is 3. The van der Waals surface area contributed by atoms with Gasteiger partial charge >= 0.3 is 0 Å². The molecule has 2 aliphatic heterocycles. The summed E-state index contributed by atoms with van der Waals surface area (Å²) in [4.78, 5) is 32.8. The molecule has 7 heteroatoms. The second kappa shape index (κ2) is 7.74. The molecule has 1 aromatic rings. The predicted molar refractivity (Wildman–Crippen MR) is 97.8 cm³/mol. The zero-order chi connectivity index (χ0) is 17.9. The SMILES string of the molecule is CSCC(=O)N1CCOC2(CCN(C(=O)c3ccncc3C)CC2)C1. The molecule has 0 aliphatic carbocycles. The normalized spacial score (nSPS) is 19.9. The van der Waals surface area contributed by atoms with Gasteiger partial charge in [0.25, 0.3) is 5.91 Å². The second-order valence-corrected chi connectivity index (χ2v) is 7.63. The summed E-state index contributed by atoms with van der Waals surface area (Å²) in [5.41, 5.74) is 1.32. The second-order valence-electron chi connectivity index (χ2n) is 6.76. The molecule has 0 radical (unpaired) electrons. The number of aromatic nitrogens is 1. The highest BCUT2D eigenvalue weighted by Gasteiger charge is 2.41. The average Bonchev–Trinajstić information content (AvgIpc) is 2.62. The number of likely N-dealkylation sites (tertiary alicyclic amines) is 1. The number of thioether (sulfide) groups is 1. The number of aryl methyl sites for hydroxylation is 1. The summed E-state index contributed by atoms with van der Waals surface area (Å²) in [6, 6.07) is 1.78. The molecule has 2 fully saturated rings. The topological polar surface area (TPSA) is 62.7 Å². The molecule has 2 amide bonds. The standard InChI is InChI=1S/C18H25N3O3S/c1-14-11-19-6-3-15(14)17(23)20-7-4-18(5-8-20)13-21(9-10-24-18)16(22)12-25-2/h3,6,11H,4-5,7-10,12-13H2,1-2H3. The van der Waals surface area contributed by atoms with Gasteiger partial charge < -0.3 is 14.5 Å². The van der Waals surface area contributed by atoms with Crippen molar-refractivity contribution in [3.8, 4) is 0 Å². The smallest absolute Gasteiger partial charge is 0.254 e. The van der Waals surface area contributed by atoms with Crippen LogP contribution in [-0.2, 0) is 9.53 Å². The number of pyridine rings is 1. The van der Waals surface area contributed by atoms with E-state index in [2.05, 4.69) is 4.98 Å². The van der Waals surface area contributed by atoms with Crippen molar-refractivity contribution in [1.82, 2.24) is 14.8 Å². The molecule has 1 spiro atoms. The Kier molecular flexibility index (Phi) is 5.64. The van der Waals surface area contributed by atoms with E-state index in [9.17, 15) is 9.59 Å². The molecule has 3 rings (SSSR count). The van der Waals surface area contributed by atoms with Gasteiger partial charge in [0, 0.05) is 44.1 Å². The van der Waals surface area contributed by atoms with Crippen molar-refractivity contribution >= 4 is 23.6 Å². The molecule has 2 aliphatic rings. The number of piperidine rings is 1. The number of amides is 2. The van der Waals surface area contributed by atoms with Crippen molar-refractivity contribution in [3.63, 3.8) is 0 Å². The van der Waals surface area contributed by atoms with E-state index < -0.39 is 0 Å². The first-order chi connectivity index (χ1) is 12.0. The van der Waals surface area contributed by atoms with Gasteiger partial charge in [-0.15, -0.1) is 0 Å². The molecule has 6 nitrogen and oxygen atoms in total. The molecule has 3 heterocycles. The lowest BCUT2D eigenvalue weighted by Gasteiger charge is -2.47. The largest absolute Gasteiger partial charge is 0.371 e. The Balaban J connectivity index is 1.62. The van der Waals surface area contributed by atoms with Crippen LogP contribution in [0.2, 0.25) is 0 Å². The zero-order valence-electron chi connectivity index (χ0n) is 14.9. The van der Waals surface area contributed by atoms with Crippen LogP contribution >= 0.6 is 11.8 Å². The third-order valence-corrected chi connectivity index (χ3v) is 5.62. The minimum absolute atomic E-state index is 0.0564. The van der Waals surface area contributed by atoms with Crippen molar-refractivity contribution in [2.45, 2.75) is 25.4 Å². The molecular formula is C18H25N3O3S. The average molecular weight is 363 g/mol. The number of ether oxygens (including phenoxy) is 1. The number of carbonyl (C=O) groups excluding carboxylic acids is 2. The summed E-state index contributed by atoms with van der Waals surface area (Å²) in [7, 11) is 0. The Hall–Kier alpha value is -1.60. The van der Waals surface area contributed by atoms with Crippen LogP contribution in [0.15, 0.2) is 18.5 Å². The van der Waals surface area contributed by atoms with Crippen LogP contribution < -0.4 is 0 Å². The molecule has 1 aromatic heterocycles. The van der Waals surface area contributed by atoms with Gasteiger partial charge in [-0.1, -0.05) is 0 Å². The molecule has 0 unspecified atom stereocenters. The Morgan fingerprint density at radius 2 is 2.04 bits per heavy atom. The van der Waals surface area contributed by atoms with Crippen LogP contribution in [0.4, 0.5) is 0 Å². The molecule has 25 heavy (non-hydrogen) atoms. The monoisotopic (exact) mass is 363 g/mol. The lowest BCUT2D eigenvalue weighted by Crippen LogP contribution is -2.58. The summed E-state index contributed by atoms with van der Waals surface area (Å²) in [5, 5.41) is 0. The molecule has 2 saturated heterocycles. The van der Waals surface area contributed by atoms with Crippen molar-refractivity contribution in [2.75, 3.05) is 44.8 Å². The number of rotatable bonds is 3. The number of morpholine rings is 1. The van der Waals surface area contributed by atoms with Crippen molar-refractivity contribution < 1.29 is 14.3 Å². The molecular weight excluding hydrogens is 338 g/mol. The highest BCUT2D eigenvalue weighted by molar-refractivity contribution is 7.99. The lowest BCUT2D eigenvalue weighted by molar-refractivity contribution is -0.156.